The van der Waals surface area contributed by atoms with Crippen LogP contribution < -0.4 is 5.32 Å². The molecule has 0 aliphatic rings. The number of hydrogen-bond acceptors (Lipinski definition) is 3. The van der Waals surface area contributed by atoms with Crippen LogP contribution >= 0.6 is 0 Å². The number of likely N-dealkylation sites (N-methyl/N-ethyl adjacent to an activating group) is 1. The Bertz CT molecular complexity index is 787. The number of hydrogen-bond donors (Lipinski definition) is 1. The van der Waals surface area contributed by atoms with Crippen molar-refractivity contribution < 1.29 is 13.2 Å². The van der Waals surface area contributed by atoms with Crippen LogP contribution in [0.15, 0.2) is 59.5 Å². The van der Waals surface area contributed by atoms with Gasteiger partial charge in [0.25, 0.3) is 0 Å². The number of sulfonamides is 1. The number of nitrogens with zero attached hydrogens (tertiary/aromatic N) is 1. The highest BCUT2D eigenvalue weighted by Gasteiger charge is 2.20. The van der Waals surface area contributed by atoms with Gasteiger partial charge in [0, 0.05) is 26.6 Å². The van der Waals surface area contributed by atoms with Crippen molar-refractivity contribution in [2.75, 3.05) is 20.1 Å². The van der Waals surface area contributed by atoms with E-state index in [-0.39, 0.29) is 23.9 Å². The lowest BCUT2D eigenvalue weighted by Gasteiger charge is -2.17. The van der Waals surface area contributed by atoms with Crippen molar-refractivity contribution in [1.29, 1.82) is 0 Å². The van der Waals surface area contributed by atoms with Crippen molar-refractivity contribution in [3.8, 4) is 0 Å². The normalized spacial score (nSPS) is 11.5. The minimum atomic E-state index is -3.53. The van der Waals surface area contributed by atoms with Crippen molar-refractivity contribution in [2.45, 2.75) is 24.7 Å². The van der Waals surface area contributed by atoms with E-state index in [2.05, 4.69) is 5.32 Å². The molecular formula is C19H24N2O3S. The third kappa shape index (κ3) is 5.69. The van der Waals surface area contributed by atoms with Crippen LogP contribution in [0.5, 0.6) is 0 Å². The Morgan fingerprint density at radius 2 is 1.68 bits per heavy atom. The Morgan fingerprint density at radius 1 is 1.04 bits per heavy atom. The molecule has 134 valence electrons. The molecule has 6 heteroatoms. The van der Waals surface area contributed by atoms with E-state index in [4.69, 9.17) is 0 Å². The molecule has 0 aromatic heterocycles. The summed E-state index contributed by atoms with van der Waals surface area (Å²) in [5, 5.41) is 2.77. The first kappa shape index (κ1) is 19.1. The van der Waals surface area contributed by atoms with E-state index in [9.17, 15) is 13.2 Å². The standard InChI is InChI=1S/C19H24N2O3S/c1-16-8-11-18(12-9-16)25(23,24)21(2)15-14-20-19(22)13-10-17-6-4-3-5-7-17/h3-9,11-12H,10,13-15H2,1-2H3,(H,20,22). The van der Waals surface area contributed by atoms with Crippen LogP contribution in [-0.4, -0.2) is 38.8 Å². The molecule has 2 aromatic carbocycles. The number of aryl methyl sites for hydroxylation is 2. The van der Waals surface area contributed by atoms with E-state index in [0.717, 1.165) is 11.1 Å². The summed E-state index contributed by atoms with van der Waals surface area (Å²) in [6, 6.07) is 16.5. The third-order valence-corrected chi connectivity index (χ3v) is 5.83. The van der Waals surface area contributed by atoms with Crippen molar-refractivity contribution in [1.82, 2.24) is 9.62 Å². The molecule has 0 unspecified atom stereocenters. The van der Waals surface area contributed by atoms with Gasteiger partial charge in [-0.1, -0.05) is 48.0 Å². The summed E-state index contributed by atoms with van der Waals surface area (Å²) in [6.45, 7) is 2.42. The van der Waals surface area contributed by atoms with E-state index in [1.165, 1.54) is 11.4 Å². The number of benzene rings is 2. The summed E-state index contributed by atoms with van der Waals surface area (Å²) in [5.41, 5.74) is 2.11. The van der Waals surface area contributed by atoms with E-state index in [0.29, 0.717) is 12.8 Å². The summed E-state index contributed by atoms with van der Waals surface area (Å²) in [7, 11) is -2.01. The van der Waals surface area contributed by atoms with E-state index < -0.39 is 10.0 Å². The van der Waals surface area contributed by atoms with Crippen LogP contribution in [0.1, 0.15) is 17.5 Å². The maximum atomic E-state index is 12.4. The Morgan fingerprint density at radius 3 is 2.32 bits per heavy atom. The quantitative estimate of drug-likeness (QED) is 0.786. The third-order valence-electron chi connectivity index (χ3n) is 3.96. The number of nitrogens with one attached hydrogen (secondary N) is 1. The molecule has 0 spiro atoms. The van der Waals surface area contributed by atoms with Gasteiger partial charge in [-0.15, -0.1) is 0 Å². The molecule has 2 rings (SSSR count). The van der Waals surface area contributed by atoms with Crippen LogP contribution in [0, 0.1) is 6.92 Å². The SMILES string of the molecule is Cc1ccc(S(=O)(=O)N(C)CCNC(=O)CCc2ccccc2)cc1. The number of carbonyl (C=O) groups is 1. The molecule has 0 radical (unpaired) electrons. The number of carbonyl (C=O) groups excluding carboxylic acids is 1. The Hall–Kier alpha value is -2.18. The zero-order valence-corrected chi connectivity index (χ0v) is 15.4. The monoisotopic (exact) mass is 360 g/mol. The predicted octanol–water partition coefficient (Wildman–Crippen LogP) is 2.36. The zero-order valence-electron chi connectivity index (χ0n) is 14.6. The van der Waals surface area contributed by atoms with Crippen LogP contribution in [0.4, 0.5) is 0 Å². The van der Waals surface area contributed by atoms with Crippen LogP contribution in [-0.2, 0) is 21.2 Å². The summed E-state index contributed by atoms with van der Waals surface area (Å²) in [4.78, 5) is 12.1. The average molecular weight is 360 g/mol. The summed E-state index contributed by atoms with van der Waals surface area (Å²) >= 11 is 0. The summed E-state index contributed by atoms with van der Waals surface area (Å²) in [5.74, 6) is -0.0787. The second kappa shape index (κ2) is 8.78. The first-order valence-corrected chi connectivity index (χ1v) is 9.67. The Kier molecular flexibility index (Phi) is 6.73. The molecule has 1 N–H and O–H groups in total. The second-order valence-electron chi connectivity index (χ2n) is 5.98. The van der Waals surface area contributed by atoms with Gasteiger partial charge in [-0.2, -0.15) is 4.31 Å². The minimum Gasteiger partial charge on any atom is -0.355 e. The molecular weight excluding hydrogens is 336 g/mol. The summed E-state index contributed by atoms with van der Waals surface area (Å²) in [6.07, 6.45) is 1.06. The van der Waals surface area contributed by atoms with E-state index >= 15 is 0 Å². The fraction of sp³-hybridized carbons (Fsp3) is 0.316. The molecule has 0 aliphatic carbocycles. The first-order chi connectivity index (χ1) is 11.9. The number of amides is 1. The smallest absolute Gasteiger partial charge is 0.242 e. The van der Waals surface area contributed by atoms with Crippen LogP contribution in [0.2, 0.25) is 0 Å². The molecule has 0 atom stereocenters. The van der Waals surface area contributed by atoms with Crippen molar-refractivity contribution in [2.24, 2.45) is 0 Å². The highest BCUT2D eigenvalue weighted by Crippen LogP contribution is 2.14. The molecule has 0 aliphatic heterocycles. The molecule has 0 fully saturated rings. The van der Waals surface area contributed by atoms with Gasteiger partial charge in [-0.25, -0.2) is 8.42 Å². The molecule has 0 bridgehead atoms. The van der Waals surface area contributed by atoms with Crippen molar-refractivity contribution in [3.05, 3.63) is 65.7 Å². The minimum absolute atomic E-state index is 0.0787. The van der Waals surface area contributed by atoms with Gasteiger partial charge in [0.15, 0.2) is 0 Å². The van der Waals surface area contributed by atoms with Gasteiger partial charge in [-0.05, 0) is 31.0 Å². The summed E-state index contributed by atoms with van der Waals surface area (Å²) < 4.78 is 26.1. The van der Waals surface area contributed by atoms with Gasteiger partial charge in [0.05, 0.1) is 4.90 Å². The Labute approximate surface area is 149 Å². The van der Waals surface area contributed by atoms with E-state index in [1.54, 1.807) is 24.3 Å². The van der Waals surface area contributed by atoms with Gasteiger partial charge in [0.2, 0.25) is 15.9 Å². The largest absolute Gasteiger partial charge is 0.355 e. The topological polar surface area (TPSA) is 66.5 Å². The number of rotatable bonds is 8. The maximum absolute atomic E-state index is 12.4. The predicted molar refractivity (Wildman–Crippen MR) is 98.8 cm³/mol. The van der Waals surface area contributed by atoms with Crippen molar-refractivity contribution in [3.63, 3.8) is 0 Å². The highest BCUT2D eigenvalue weighted by molar-refractivity contribution is 7.89. The molecule has 0 saturated heterocycles. The molecule has 1 amide bonds. The van der Waals surface area contributed by atoms with Gasteiger partial charge in [0.1, 0.15) is 0 Å². The zero-order chi connectivity index (χ0) is 18.3. The van der Waals surface area contributed by atoms with Gasteiger partial charge < -0.3 is 5.32 Å². The van der Waals surface area contributed by atoms with Crippen LogP contribution in [0.3, 0.4) is 0 Å². The maximum Gasteiger partial charge on any atom is 0.242 e. The molecule has 0 heterocycles. The van der Waals surface area contributed by atoms with E-state index in [1.807, 2.05) is 37.3 Å². The molecule has 5 nitrogen and oxygen atoms in total. The highest BCUT2D eigenvalue weighted by atomic mass is 32.2. The lowest BCUT2D eigenvalue weighted by molar-refractivity contribution is -0.121. The second-order valence-corrected chi connectivity index (χ2v) is 8.02. The molecule has 25 heavy (non-hydrogen) atoms. The fourth-order valence-electron chi connectivity index (χ4n) is 2.35. The first-order valence-electron chi connectivity index (χ1n) is 8.23. The Balaban J connectivity index is 1.78. The van der Waals surface area contributed by atoms with Gasteiger partial charge >= 0.3 is 0 Å². The fourth-order valence-corrected chi connectivity index (χ4v) is 3.53. The van der Waals surface area contributed by atoms with Gasteiger partial charge in [-0.3, -0.25) is 4.79 Å². The van der Waals surface area contributed by atoms with Crippen LogP contribution in [0.25, 0.3) is 0 Å². The average Bonchev–Trinajstić information content (AvgIpc) is 2.61. The van der Waals surface area contributed by atoms with Crippen molar-refractivity contribution >= 4 is 15.9 Å². The lowest BCUT2D eigenvalue weighted by Crippen LogP contribution is -2.36. The molecule has 0 saturated carbocycles. The molecule has 2 aromatic rings. The lowest BCUT2D eigenvalue weighted by atomic mass is 10.1.